The van der Waals surface area contributed by atoms with Crippen LogP contribution in [0.3, 0.4) is 0 Å². The van der Waals surface area contributed by atoms with E-state index in [0.717, 1.165) is 31.7 Å². The average molecular weight is 259 g/mol. The highest BCUT2D eigenvalue weighted by Crippen LogP contribution is 2.42. The first kappa shape index (κ1) is 11.9. The van der Waals surface area contributed by atoms with Crippen molar-refractivity contribution in [3.05, 3.63) is 52.0 Å². The molecular weight excluding hydrogens is 242 g/mol. The Kier molecular flexibility index (Phi) is 3.18. The van der Waals surface area contributed by atoms with Gasteiger partial charge < -0.3 is 4.74 Å². The number of benzene rings is 1. The lowest BCUT2D eigenvalue weighted by Gasteiger charge is -2.36. The number of thiazole rings is 1. The van der Waals surface area contributed by atoms with Gasteiger partial charge in [-0.2, -0.15) is 0 Å². The maximum Gasteiger partial charge on any atom is 0.104 e. The second-order valence-corrected chi connectivity index (χ2v) is 5.71. The first-order valence-corrected chi connectivity index (χ1v) is 7.25. The highest BCUT2D eigenvalue weighted by atomic mass is 32.1. The normalized spacial score (nSPS) is 18.7. The van der Waals surface area contributed by atoms with Crippen molar-refractivity contribution in [2.45, 2.75) is 25.2 Å². The zero-order valence-corrected chi connectivity index (χ0v) is 11.4. The van der Waals surface area contributed by atoms with Crippen LogP contribution in [-0.2, 0) is 10.2 Å². The van der Waals surface area contributed by atoms with Crippen LogP contribution in [0.15, 0.2) is 35.7 Å². The van der Waals surface area contributed by atoms with Crippen molar-refractivity contribution in [1.29, 1.82) is 0 Å². The standard InChI is InChI=1S/C15H17NOS/c1-12-11-18-14(16-12)15(7-9-17-10-8-15)13-5-3-2-4-6-13/h2-6,11H,7-10H2,1H3. The van der Waals surface area contributed by atoms with Gasteiger partial charge in [-0.1, -0.05) is 30.3 Å². The zero-order chi connectivity index (χ0) is 12.4. The minimum atomic E-state index is 0.0679. The van der Waals surface area contributed by atoms with E-state index in [4.69, 9.17) is 9.72 Å². The molecule has 1 aliphatic heterocycles. The van der Waals surface area contributed by atoms with Crippen molar-refractivity contribution in [1.82, 2.24) is 4.98 Å². The Hall–Kier alpha value is -1.19. The molecule has 0 amide bonds. The van der Waals surface area contributed by atoms with Crippen molar-refractivity contribution >= 4 is 11.3 Å². The monoisotopic (exact) mass is 259 g/mol. The maximum absolute atomic E-state index is 5.55. The Morgan fingerprint density at radius 1 is 1.17 bits per heavy atom. The molecule has 0 saturated carbocycles. The van der Waals surface area contributed by atoms with E-state index in [1.165, 1.54) is 10.6 Å². The Morgan fingerprint density at radius 3 is 2.50 bits per heavy atom. The fourth-order valence-corrected chi connectivity index (χ4v) is 3.76. The van der Waals surface area contributed by atoms with Crippen molar-refractivity contribution in [2.24, 2.45) is 0 Å². The van der Waals surface area contributed by atoms with E-state index in [0.29, 0.717) is 0 Å². The Balaban J connectivity index is 2.09. The minimum Gasteiger partial charge on any atom is -0.381 e. The molecule has 0 spiro atoms. The lowest BCUT2D eigenvalue weighted by atomic mass is 9.74. The number of aryl methyl sites for hydroxylation is 1. The van der Waals surface area contributed by atoms with E-state index < -0.39 is 0 Å². The Labute approximate surface area is 112 Å². The molecule has 2 aromatic rings. The third-order valence-corrected chi connectivity index (χ3v) is 4.87. The summed E-state index contributed by atoms with van der Waals surface area (Å²) in [6.45, 7) is 3.72. The summed E-state index contributed by atoms with van der Waals surface area (Å²) >= 11 is 1.78. The molecular formula is C15H17NOS. The number of nitrogens with zero attached hydrogens (tertiary/aromatic N) is 1. The maximum atomic E-state index is 5.55. The number of hydrogen-bond acceptors (Lipinski definition) is 3. The molecule has 0 radical (unpaired) electrons. The molecule has 94 valence electrons. The second-order valence-electron chi connectivity index (χ2n) is 4.85. The van der Waals surface area contributed by atoms with E-state index in [9.17, 15) is 0 Å². The van der Waals surface area contributed by atoms with Crippen LogP contribution in [0.25, 0.3) is 0 Å². The first-order valence-electron chi connectivity index (χ1n) is 6.37. The summed E-state index contributed by atoms with van der Waals surface area (Å²) in [4.78, 5) is 4.75. The molecule has 3 rings (SSSR count). The van der Waals surface area contributed by atoms with Gasteiger partial charge in [0, 0.05) is 24.3 Å². The van der Waals surface area contributed by atoms with Crippen LogP contribution in [0.5, 0.6) is 0 Å². The van der Waals surface area contributed by atoms with Gasteiger partial charge >= 0.3 is 0 Å². The quantitative estimate of drug-likeness (QED) is 0.823. The number of ether oxygens (including phenoxy) is 1. The largest absolute Gasteiger partial charge is 0.381 e. The Morgan fingerprint density at radius 2 is 1.89 bits per heavy atom. The number of hydrogen-bond donors (Lipinski definition) is 0. The second kappa shape index (κ2) is 4.82. The molecule has 1 aromatic carbocycles. The van der Waals surface area contributed by atoms with Crippen molar-refractivity contribution in [2.75, 3.05) is 13.2 Å². The van der Waals surface area contributed by atoms with Gasteiger partial charge in [0.15, 0.2) is 0 Å². The van der Waals surface area contributed by atoms with Gasteiger partial charge in [0.2, 0.25) is 0 Å². The van der Waals surface area contributed by atoms with Crippen LogP contribution in [0, 0.1) is 6.92 Å². The SMILES string of the molecule is Cc1csc(C2(c3ccccc3)CCOCC2)n1. The molecule has 1 aliphatic rings. The molecule has 1 aromatic heterocycles. The molecule has 1 saturated heterocycles. The summed E-state index contributed by atoms with van der Waals surface area (Å²) in [5.74, 6) is 0. The molecule has 2 nitrogen and oxygen atoms in total. The predicted molar refractivity (Wildman–Crippen MR) is 74.1 cm³/mol. The highest BCUT2D eigenvalue weighted by molar-refractivity contribution is 7.09. The zero-order valence-electron chi connectivity index (χ0n) is 10.6. The number of aromatic nitrogens is 1. The van der Waals surface area contributed by atoms with E-state index in [1.807, 2.05) is 0 Å². The molecule has 1 fully saturated rings. The minimum absolute atomic E-state index is 0.0679. The summed E-state index contributed by atoms with van der Waals surface area (Å²) < 4.78 is 5.55. The van der Waals surface area contributed by atoms with Crippen LogP contribution in [0.1, 0.15) is 29.1 Å². The van der Waals surface area contributed by atoms with E-state index in [2.05, 4.69) is 42.6 Å². The smallest absolute Gasteiger partial charge is 0.104 e. The Bertz CT molecular complexity index is 514. The molecule has 0 aliphatic carbocycles. The van der Waals surface area contributed by atoms with Gasteiger partial charge in [0.05, 0.1) is 5.41 Å². The van der Waals surface area contributed by atoms with Gasteiger partial charge in [0.25, 0.3) is 0 Å². The van der Waals surface area contributed by atoms with Gasteiger partial charge in [-0.3, -0.25) is 0 Å². The third-order valence-electron chi connectivity index (χ3n) is 3.70. The number of rotatable bonds is 2. The van der Waals surface area contributed by atoms with Crippen molar-refractivity contribution in [3.63, 3.8) is 0 Å². The van der Waals surface area contributed by atoms with Crippen LogP contribution >= 0.6 is 11.3 Å². The molecule has 2 heterocycles. The van der Waals surface area contributed by atoms with Crippen LogP contribution in [0.2, 0.25) is 0 Å². The summed E-state index contributed by atoms with van der Waals surface area (Å²) in [7, 11) is 0. The molecule has 0 N–H and O–H groups in total. The van der Waals surface area contributed by atoms with E-state index >= 15 is 0 Å². The van der Waals surface area contributed by atoms with Gasteiger partial charge in [-0.25, -0.2) is 4.98 Å². The highest BCUT2D eigenvalue weighted by Gasteiger charge is 2.38. The lowest BCUT2D eigenvalue weighted by molar-refractivity contribution is 0.0630. The van der Waals surface area contributed by atoms with E-state index in [-0.39, 0.29) is 5.41 Å². The fraction of sp³-hybridized carbons (Fsp3) is 0.400. The average Bonchev–Trinajstić information content (AvgIpc) is 2.88. The molecule has 0 atom stereocenters. The molecule has 3 heteroatoms. The summed E-state index contributed by atoms with van der Waals surface area (Å²) in [5, 5.41) is 3.39. The van der Waals surface area contributed by atoms with E-state index in [1.54, 1.807) is 11.3 Å². The van der Waals surface area contributed by atoms with Crippen molar-refractivity contribution < 1.29 is 4.74 Å². The summed E-state index contributed by atoms with van der Waals surface area (Å²) in [5.41, 5.74) is 2.57. The molecule has 18 heavy (non-hydrogen) atoms. The molecule has 0 bridgehead atoms. The summed E-state index contributed by atoms with van der Waals surface area (Å²) in [6, 6.07) is 10.8. The predicted octanol–water partition coefficient (Wildman–Crippen LogP) is 3.55. The third kappa shape index (κ3) is 1.98. The van der Waals surface area contributed by atoms with Gasteiger partial charge in [-0.05, 0) is 25.3 Å². The molecule has 0 unspecified atom stereocenters. The fourth-order valence-electron chi connectivity index (χ4n) is 2.68. The topological polar surface area (TPSA) is 22.1 Å². The summed E-state index contributed by atoms with van der Waals surface area (Å²) in [6.07, 6.45) is 2.06. The van der Waals surface area contributed by atoms with Crippen molar-refractivity contribution in [3.8, 4) is 0 Å². The lowest BCUT2D eigenvalue weighted by Crippen LogP contribution is -2.34. The van der Waals surface area contributed by atoms with Crippen LogP contribution in [0.4, 0.5) is 0 Å². The van der Waals surface area contributed by atoms with Gasteiger partial charge in [-0.15, -0.1) is 11.3 Å². The first-order chi connectivity index (χ1) is 8.81. The van der Waals surface area contributed by atoms with Gasteiger partial charge in [0.1, 0.15) is 5.01 Å². The van der Waals surface area contributed by atoms with Crippen LogP contribution < -0.4 is 0 Å². The van der Waals surface area contributed by atoms with Crippen LogP contribution in [-0.4, -0.2) is 18.2 Å².